The standard InChI is InChI=1S/C28H31N5OS/c1-3-32-10-12-33(13-11-32)18-21-7-5-20(6-8-21)14-26(34)22-9-4-19(2)24(15-22)23-16-25-27(30-17-23)35-28(29)31-25/h4-9,15-17H,3,10-14,18H2,1-2H3,(H2,29,31). The summed E-state index contributed by atoms with van der Waals surface area (Å²) >= 11 is 1.38. The molecule has 0 aliphatic carbocycles. The van der Waals surface area contributed by atoms with Crippen LogP contribution in [0.4, 0.5) is 5.13 Å². The minimum Gasteiger partial charge on any atom is -0.375 e. The molecular weight excluding hydrogens is 454 g/mol. The first-order valence-electron chi connectivity index (χ1n) is 12.2. The minimum absolute atomic E-state index is 0.113. The smallest absolute Gasteiger partial charge is 0.182 e. The highest BCUT2D eigenvalue weighted by Crippen LogP contribution is 2.29. The van der Waals surface area contributed by atoms with Gasteiger partial charge in [0.25, 0.3) is 0 Å². The summed E-state index contributed by atoms with van der Waals surface area (Å²) in [5, 5.41) is 0.510. The molecule has 0 atom stereocenters. The third-order valence-corrected chi connectivity index (χ3v) is 7.65. The van der Waals surface area contributed by atoms with Crippen molar-refractivity contribution in [2.75, 3.05) is 38.5 Å². The molecule has 4 aromatic rings. The molecule has 0 spiro atoms. The van der Waals surface area contributed by atoms with Crippen molar-refractivity contribution in [1.29, 1.82) is 0 Å². The van der Waals surface area contributed by atoms with Crippen molar-refractivity contribution in [3.63, 3.8) is 0 Å². The first-order valence-corrected chi connectivity index (χ1v) is 13.0. The first kappa shape index (κ1) is 23.6. The molecular formula is C28H31N5OS. The van der Waals surface area contributed by atoms with E-state index in [2.05, 4.69) is 51.0 Å². The van der Waals surface area contributed by atoms with Crippen LogP contribution in [0.15, 0.2) is 54.7 Å². The number of aryl methyl sites for hydroxylation is 1. The molecule has 0 radical (unpaired) electrons. The second-order valence-corrected chi connectivity index (χ2v) is 10.3. The third-order valence-electron chi connectivity index (χ3n) is 6.84. The van der Waals surface area contributed by atoms with E-state index in [0.29, 0.717) is 17.1 Å². The number of thiazole rings is 1. The zero-order valence-corrected chi connectivity index (χ0v) is 21.1. The average molecular weight is 486 g/mol. The number of rotatable bonds is 7. The Labute approximate surface area is 210 Å². The Morgan fingerprint density at radius 3 is 2.46 bits per heavy atom. The van der Waals surface area contributed by atoms with Gasteiger partial charge < -0.3 is 10.6 Å². The highest BCUT2D eigenvalue weighted by Gasteiger charge is 2.16. The SMILES string of the molecule is CCN1CCN(Cc2ccc(CC(=O)c3ccc(C)c(-c4cnc5sc(N)nc5c4)c3)cc2)CC1. The lowest BCUT2D eigenvalue weighted by Crippen LogP contribution is -2.45. The van der Waals surface area contributed by atoms with Gasteiger partial charge in [-0.2, -0.15) is 0 Å². The molecule has 0 bridgehead atoms. The summed E-state index contributed by atoms with van der Waals surface area (Å²) in [4.78, 5) is 27.8. The molecule has 5 rings (SSSR count). The molecule has 2 aromatic carbocycles. The van der Waals surface area contributed by atoms with Crippen molar-refractivity contribution in [3.8, 4) is 11.1 Å². The molecule has 2 N–H and O–H groups in total. The Balaban J connectivity index is 1.26. The van der Waals surface area contributed by atoms with Gasteiger partial charge in [0, 0.05) is 56.5 Å². The van der Waals surface area contributed by atoms with Crippen LogP contribution in [0.25, 0.3) is 21.5 Å². The zero-order valence-electron chi connectivity index (χ0n) is 20.3. The van der Waals surface area contributed by atoms with E-state index in [4.69, 9.17) is 5.73 Å². The number of nitrogens with zero attached hydrogens (tertiary/aromatic N) is 4. The van der Waals surface area contributed by atoms with Gasteiger partial charge in [0.05, 0.1) is 0 Å². The molecule has 2 aromatic heterocycles. The Morgan fingerprint density at radius 1 is 1.00 bits per heavy atom. The number of ketones is 1. The van der Waals surface area contributed by atoms with Crippen LogP contribution in [0, 0.1) is 6.92 Å². The number of Topliss-reactive ketones (excluding diaryl/α,β-unsaturated/α-hetero) is 1. The summed E-state index contributed by atoms with van der Waals surface area (Å²) in [6, 6.07) is 16.4. The van der Waals surface area contributed by atoms with Crippen molar-refractivity contribution in [2.24, 2.45) is 0 Å². The second-order valence-electron chi connectivity index (χ2n) is 9.26. The van der Waals surface area contributed by atoms with Gasteiger partial charge in [0.1, 0.15) is 10.3 Å². The van der Waals surface area contributed by atoms with E-state index >= 15 is 0 Å². The lowest BCUT2D eigenvalue weighted by atomic mass is 9.95. The van der Waals surface area contributed by atoms with Gasteiger partial charge in [-0.15, -0.1) is 0 Å². The summed E-state index contributed by atoms with van der Waals surface area (Å²) < 4.78 is 0. The number of fused-ring (bicyclic) bond motifs is 1. The number of pyridine rings is 1. The number of piperazine rings is 1. The normalized spacial score (nSPS) is 15.0. The summed E-state index contributed by atoms with van der Waals surface area (Å²) in [6.07, 6.45) is 2.22. The molecule has 1 aliphatic rings. The number of benzene rings is 2. The highest BCUT2D eigenvalue weighted by molar-refractivity contribution is 7.21. The van der Waals surface area contributed by atoms with Gasteiger partial charge >= 0.3 is 0 Å². The molecule has 0 saturated carbocycles. The number of nitrogen functional groups attached to an aromatic ring is 1. The fraction of sp³-hybridized carbons (Fsp3) is 0.321. The molecule has 0 unspecified atom stereocenters. The zero-order chi connectivity index (χ0) is 24.4. The molecule has 3 heterocycles. The molecule has 1 saturated heterocycles. The van der Waals surface area contributed by atoms with E-state index in [0.717, 1.165) is 71.9 Å². The number of anilines is 1. The van der Waals surface area contributed by atoms with Crippen molar-refractivity contribution in [3.05, 3.63) is 77.0 Å². The predicted octanol–water partition coefficient (Wildman–Crippen LogP) is 4.81. The Bertz CT molecular complexity index is 1340. The van der Waals surface area contributed by atoms with Crippen molar-refractivity contribution < 1.29 is 4.79 Å². The lowest BCUT2D eigenvalue weighted by molar-refractivity contribution is 0.0993. The van der Waals surface area contributed by atoms with E-state index in [1.807, 2.05) is 37.4 Å². The quantitative estimate of drug-likeness (QED) is 0.379. The number of carbonyl (C=O) groups is 1. The Kier molecular flexibility index (Phi) is 6.90. The van der Waals surface area contributed by atoms with E-state index in [1.54, 1.807) is 0 Å². The minimum atomic E-state index is 0.113. The van der Waals surface area contributed by atoms with Crippen molar-refractivity contribution >= 4 is 32.6 Å². The van der Waals surface area contributed by atoms with E-state index in [9.17, 15) is 4.79 Å². The number of hydrogen-bond donors (Lipinski definition) is 1. The predicted molar refractivity (Wildman–Crippen MR) is 144 cm³/mol. The van der Waals surface area contributed by atoms with Crippen LogP contribution in [-0.2, 0) is 13.0 Å². The van der Waals surface area contributed by atoms with Gasteiger partial charge in [-0.1, -0.05) is 54.7 Å². The van der Waals surface area contributed by atoms with Crippen LogP contribution in [0.5, 0.6) is 0 Å². The number of likely N-dealkylation sites (N-methyl/N-ethyl adjacent to an activating group) is 1. The second kappa shape index (κ2) is 10.2. The Morgan fingerprint density at radius 2 is 1.71 bits per heavy atom. The van der Waals surface area contributed by atoms with Gasteiger partial charge in [0.15, 0.2) is 10.9 Å². The maximum atomic E-state index is 13.1. The van der Waals surface area contributed by atoms with Gasteiger partial charge in [0.2, 0.25) is 0 Å². The fourth-order valence-electron chi connectivity index (χ4n) is 4.67. The molecule has 1 fully saturated rings. The molecule has 6 nitrogen and oxygen atoms in total. The largest absolute Gasteiger partial charge is 0.375 e. The topological polar surface area (TPSA) is 75.3 Å². The molecule has 7 heteroatoms. The maximum Gasteiger partial charge on any atom is 0.182 e. The van der Waals surface area contributed by atoms with Crippen LogP contribution in [0.1, 0.15) is 34.0 Å². The highest BCUT2D eigenvalue weighted by atomic mass is 32.1. The molecule has 35 heavy (non-hydrogen) atoms. The van der Waals surface area contributed by atoms with Crippen LogP contribution in [0.3, 0.4) is 0 Å². The molecule has 180 valence electrons. The van der Waals surface area contributed by atoms with E-state index in [1.165, 1.54) is 16.9 Å². The van der Waals surface area contributed by atoms with Gasteiger partial charge in [-0.25, -0.2) is 9.97 Å². The average Bonchev–Trinajstić information content (AvgIpc) is 3.25. The monoisotopic (exact) mass is 485 g/mol. The van der Waals surface area contributed by atoms with Crippen molar-refractivity contribution in [1.82, 2.24) is 19.8 Å². The van der Waals surface area contributed by atoms with Crippen LogP contribution in [0.2, 0.25) is 0 Å². The summed E-state index contributed by atoms with van der Waals surface area (Å²) in [5.74, 6) is 0.113. The van der Waals surface area contributed by atoms with E-state index in [-0.39, 0.29) is 5.78 Å². The van der Waals surface area contributed by atoms with Crippen LogP contribution < -0.4 is 5.73 Å². The molecule has 1 aliphatic heterocycles. The fourth-order valence-corrected chi connectivity index (χ4v) is 5.32. The number of nitrogens with two attached hydrogens (primary N) is 1. The third kappa shape index (κ3) is 5.42. The van der Waals surface area contributed by atoms with Crippen molar-refractivity contribution in [2.45, 2.75) is 26.8 Å². The molecule has 0 amide bonds. The van der Waals surface area contributed by atoms with Crippen LogP contribution in [-0.4, -0.2) is 58.3 Å². The number of carbonyl (C=O) groups excluding carboxylic acids is 1. The summed E-state index contributed by atoms with van der Waals surface area (Å²) in [6.45, 7) is 10.9. The lowest BCUT2D eigenvalue weighted by Gasteiger charge is -2.34. The van der Waals surface area contributed by atoms with Crippen LogP contribution >= 0.6 is 11.3 Å². The Hall–Kier alpha value is -3.13. The summed E-state index contributed by atoms with van der Waals surface area (Å²) in [5.41, 5.74) is 12.7. The van der Waals surface area contributed by atoms with E-state index < -0.39 is 0 Å². The first-order chi connectivity index (χ1) is 17.0. The number of hydrogen-bond acceptors (Lipinski definition) is 7. The van der Waals surface area contributed by atoms with Gasteiger partial charge in [-0.05, 0) is 47.9 Å². The van der Waals surface area contributed by atoms with Gasteiger partial charge in [-0.3, -0.25) is 9.69 Å². The number of aromatic nitrogens is 2. The summed E-state index contributed by atoms with van der Waals surface area (Å²) in [7, 11) is 0. The maximum absolute atomic E-state index is 13.1.